The van der Waals surface area contributed by atoms with Crippen molar-refractivity contribution in [2.24, 2.45) is 0 Å². The Morgan fingerprint density at radius 1 is 1.19 bits per heavy atom. The third-order valence-corrected chi connectivity index (χ3v) is 7.08. The molecular weight excluding hydrogens is 491 g/mol. The molecule has 32 heavy (non-hydrogen) atoms. The molecule has 0 aliphatic carbocycles. The van der Waals surface area contributed by atoms with E-state index in [1.807, 2.05) is 0 Å². The fourth-order valence-corrected chi connectivity index (χ4v) is 4.38. The van der Waals surface area contributed by atoms with E-state index < -0.39 is 21.7 Å². The molecule has 0 amide bonds. The van der Waals surface area contributed by atoms with Crippen molar-refractivity contribution in [3.05, 3.63) is 41.6 Å². The Balaban J connectivity index is 1.97. The summed E-state index contributed by atoms with van der Waals surface area (Å²) in [5, 5.41) is 8.73. The van der Waals surface area contributed by atoms with Crippen molar-refractivity contribution >= 4 is 44.1 Å². The molecule has 0 bridgehead atoms. The number of hydrogen-bond donors (Lipinski definition) is 0. The molecule has 0 saturated heterocycles. The molecule has 4 aromatic rings. The van der Waals surface area contributed by atoms with E-state index in [1.165, 1.54) is 41.8 Å². The van der Waals surface area contributed by atoms with Gasteiger partial charge in [0.1, 0.15) is 22.1 Å². The van der Waals surface area contributed by atoms with Crippen LogP contribution < -0.4 is 0 Å². The number of pyridine rings is 2. The lowest BCUT2D eigenvalue weighted by Crippen LogP contribution is -2.13. The maximum absolute atomic E-state index is 13.0. The Bertz CT molecular complexity index is 1430. The lowest BCUT2D eigenvalue weighted by Gasteiger charge is -2.11. The van der Waals surface area contributed by atoms with Crippen LogP contribution in [0, 0.1) is 0 Å². The van der Waals surface area contributed by atoms with E-state index in [-0.39, 0.29) is 38.3 Å². The fourth-order valence-electron chi connectivity index (χ4n) is 2.80. The second-order valence-electron chi connectivity index (χ2n) is 6.36. The summed E-state index contributed by atoms with van der Waals surface area (Å²) in [6.07, 6.45) is -0.564. The van der Waals surface area contributed by atoms with Gasteiger partial charge in [-0.3, -0.25) is 4.98 Å². The Hall–Kier alpha value is -2.71. The average molecular weight is 504 g/mol. The number of nitrogens with zero attached hydrogens (tertiary/aromatic N) is 7. The summed E-state index contributed by atoms with van der Waals surface area (Å²) < 4.78 is 66.8. The molecule has 4 heterocycles. The first kappa shape index (κ1) is 22.5. The van der Waals surface area contributed by atoms with E-state index in [2.05, 4.69) is 25.1 Å². The molecule has 0 aliphatic heterocycles. The molecule has 0 N–H and O–H groups in total. The van der Waals surface area contributed by atoms with E-state index in [0.29, 0.717) is 5.16 Å². The van der Waals surface area contributed by atoms with Gasteiger partial charge in [0, 0.05) is 6.20 Å². The minimum Gasteiger partial charge on any atom is -0.251 e. The largest absolute Gasteiger partial charge is 0.433 e. The first-order valence-electron chi connectivity index (χ1n) is 8.87. The van der Waals surface area contributed by atoms with Crippen molar-refractivity contribution in [1.29, 1.82) is 0 Å². The molecule has 0 spiro atoms. The number of halogens is 4. The topological polar surface area (TPSA) is 108 Å². The number of aromatic nitrogens is 7. The summed E-state index contributed by atoms with van der Waals surface area (Å²) in [5.74, 6) is -0.202. The van der Waals surface area contributed by atoms with E-state index in [4.69, 9.17) is 11.6 Å². The molecule has 0 fully saturated rings. The molecule has 4 aromatic heterocycles. The van der Waals surface area contributed by atoms with Gasteiger partial charge >= 0.3 is 6.18 Å². The van der Waals surface area contributed by atoms with E-state index >= 15 is 0 Å². The highest BCUT2D eigenvalue weighted by atomic mass is 35.5. The van der Waals surface area contributed by atoms with Crippen molar-refractivity contribution < 1.29 is 21.6 Å². The predicted molar refractivity (Wildman–Crippen MR) is 111 cm³/mol. The highest BCUT2D eigenvalue weighted by Crippen LogP contribution is 2.33. The average Bonchev–Trinajstić information content (AvgIpc) is 3.37. The van der Waals surface area contributed by atoms with E-state index in [1.54, 1.807) is 6.26 Å². The van der Waals surface area contributed by atoms with Gasteiger partial charge in [-0.25, -0.2) is 27.7 Å². The monoisotopic (exact) mass is 503 g/mol. The Morgan fingerprint density at radius 2 is 1.94 bits per heavy atom. The van der Waals surface area contributed by atoms with E-state index in [9.17, 15) is 21.6 Å². The number of hydrogen-bond acceptors (Lipinski definition) is 8. The predicted octanol–water partition coefficient (Wildman–Crippen LogP) is 3.58. The number of thioether (sulfide) groups is 1. The molecule has 9 nitrogen and oxygen atoms in total. The van der Waals surface area contributed by atoms with Crippen LogP contribution in [-0.2, 0) is 16.0 Å². The molecule has 0 aromatic carbocycles. The van der Waals surface area contributed by atoms with Crippen LogP contribution >= 0.6 is 23.4 Å². The quantitative estimate of drug-likeness (QED) is 0.380. The standard InChI is InChI=1S/C17H13ClF3N7O2S2/c1-3-32(29,30)11-4-5-13(27-8-23-16(26-27)31-2)24-15(11)28-14(18)9-7-22-12(17(19,20)21)6-10(9)25-28/h4-8H,3H2,1-2H3. The zero-order valence-corrected chi connectivity index (χ0v) is 18.8. The van der Waals surface area contributed by atoms with Crippen molar-refractivity contribution in [2.75, 3.05) is 12.0 Å². The highest BCUT2D eigenvalue weighted by molar-refractivity contribution is 7.98. The molecule has 0 saturated carbocycles. The summed E-state index contributed by atoms with van der Waals surface area (Å²) in [6, 6.07) is 3.49. The minimum absolute atomic E-state index is 0.108. The van der Waals surface area contributed by atoms with Gasteiger partial charge in [0.05, 0.1) is 16.7 Å². The van der Waals surface area contributed by atoms with Crippen LogP contribution in [0.4, 0.5) is 13.2 Å². The molecule has 0 aliphatic rings. The van der Waals surface area contributed by atoms with Crippen LogP contribution in [0.25, 0.3) is 22.5 Å². The van der Waals surface area contributed by atoms with Gasteiger partial charge in [-0.1, -0.05) is 30.3 Å². The van der Waals surface area contributed by atoms with Gasteiger partial charge in [0.25, 0.3) is 0 Å². The lowest BCUT2D eigenvalue weighted by molar-refractivity contribution is -0.141. The Morgan fingerprint density at radius 3 is 2.56 bits per heavy atom. The summed E-state index contributed by atoms with van der Waals surface area (Å²) in [7, 11) is -3.79. The second kappa shape index (κ2) is 8.01. The number of rotatable bonds is 5. The van der Waals surface area contributed by atoms with Gasteiger partial charge in [-0.05, 0) is 24.5 Å². The SMILES string of the molecule is CCS(=O)(=O)c1ccc(-n2cnc(SC)n2)nc1-n1nc2cc(C(F)(F)F)ncc2c1Cl. The highest BCUT2D eigenvalue weighted by Gasteiger charge is 2.33. The first-order chi connectivity index (χ1) is 15.0. The van der Waals surface area contributed by atoms with Crippen molar-refractivity contribution in [3.63, 3.8) is 0 Å². The molecule has 0 unspecified atom stereocenters. The maximum atomic E-state index is 13.0. The van der Waals surface area contributed by atoms with Crippen LogP contribution in [0.5, 0.6) is 0 Å². The normalized spacial score (nSPS) is 12.6. The molecule has 15 heteroatoms. The summed E-state index contributed by atoms with van der Waals surface area (Å²) in [5.41, 5.74) is -1.27. The van der Waals surface area contributed by atoms with Crippen LogP contribution in [0.1, 0.15) is 12.6 Å². The lowest BCUT2D eigenvalue weighted by atomic mass is 10.3. The van der Waals surface area contributed by atoms with Crippen LogP contribution in [0.3, 0.4) is 0 Å². The van der Waals surface area contributed by atoms with Gasteiger partial charge in [-0.15, -0.1) is 5.10 Å². The third kappa shape index (κ3) is 3.93. The third-order valence-electron chi connectivity index (χ3n) is 4.42. The first-order valence-corrected chi connectivity index (χ1v) is 12.1. The molecule has 0 radical (unpaired) electrons. The van der Waals surface area contributed by atoms with Crippen molar-refractivity contribution in [1.82, 2.24) is 34.5 Å². The van der Waals surface area contributed by atoms with Crippen LogP contribution in [0.2, 0.25) is 5.15 Å². The van der Waals surface area contributed by atoms with Crippen molar-refractivity contribution in [3.8, 4) is 11.6 Å². The minimum atomic E-state index is -4.68. The zero-order chi connectivity index (χ0) is 23.3. The van der Waals surface area contributed by atoms with Gasteiger partial charge < -0.3 is 0 Å². The molecule has 168 valence electrons. The molecular formula is C17H13ClF3N7O2S2. The Labute approximate surface area is 188 Å². The summed E-state index contributed by atoms with van der Waals surface area (Å²) >= 11 is 7.66. The summed E-state index contributed by atoms with van der Waals surface area (Å²) in [6.45, 7) is 1.45. The number of fused-ring (bicyclic) bond motifs is 1. The summed E-state index contributed by atoms with van der Waals surface area (Å²) in [4.78, 5) is 11.6. The number of alkyl halides is 3. The maximum Gasteiger partial charge on any atom is 0.433 e. The van der Waals surface area contributed by atoms with E-state index in [0.717, 1.165) is 16.9 Å². The Kier molecular flexibility index (Phi) is 5.63. The van der Waals surface area contributed by atoms with Gasteiger partial charge in [0.2, 0.25) is 5.16 Å². The zero-order valence-electron chi connectivity index (χ0n) is 16.4. The smallest absolute Gasteiger partial charge is 0.251 e. The van der Waals surface area contributed by atoms with Gasteiger partial charge in [-0.2, -0.15) is 18.3 Å². The molecule has 4 rings (SSSR count). The number of sulfone groups is 1. The van der Waals surface area contributed by atoms with Crippen LogP contribution in [-0.4, -0.2) is 54.9 Å². The van der Waals surface area contributed by atoms with Crippen LogP contribution in [0.15, 0.2) is 40.8 Å². The van der Waals surface area contributed by atoms with Crippen molar-refractivity contribution in [2.45, 2.75) is 23.2 Å². The fraction of sp³-hybridized carbons (Fsp3) is 0.235. The van der Waals surface area contributed by atoms with Gasteiger partial charge in [0.15, 0.2) is 21.5 Å². The molecule has 0 atom stereocenters. The second-order valence-corrected chi connectivity index (χ2v) is 9.74.